The largest absolute Gasteiger partial charge is 0.370 e. The normalized spacial score (nSPS) is 11.1. The van der Waals surface area contributed by atoms with Gasteiger partial charge >= 0.3 is 5.97 Å². The second kappa shape index (κ2) is 3.21. The molecule has 0 radical (unpaired) electrons. The smallest absolute Gasteiger partial charge is 0.351 e. The van der Waals surface area contributed by atoms with E-state index in [0.717, 1.165) is 0 Å². The van der Waals surface area contributed by atoms with Crippen LogP contribution in [-0.4, -0.2) is 5.97 Å². The van der Waals surface area contributed by atoms with Gasteiger partial charge in [0, 0.05) is 5.57 Å². The average molecular weight is 115 g/mol. The Morgan fingerprint density at radius 2 is 2.25 bits per heavy atom. The lowest BCUT2D eigenvalue weighted by atomic mass is 10.3. The zero-order valence-electron chi connectivity index (χ0n) is 4.97. The number of rotatable bonds is 1. The minimum atomic E-state index is -0.479. The molecule has 0 saturated heterocycles. The Bertz CT molecular complexity index is 118. The summed E-state index contributed by atoms with van der Waals surface area (Å²) in [5.74, 6) is 4.08. The van der Waals surface area contributed by atoms with Gasteiger partial charge in [0.05, 0.1) is 0 Å². The molecule has 0 amide bonds. The van der Waals surface area contributed by atoms with Gasteiger partial charge in [-0.05, 0) is 13.8 Å². The maximum atomic E-state index is 10.3. The number of hydrogen-bond acceptors (Lipinski definition) is 3. The average Bonchev–Trinajstić information content (AvgIpc) is 1.84. The molecule has 0 aromatic carbocycles. The topological polar surface area (TPSA) is 52.3 Å². The van der Waals surface area contributed by atoms with E-state index < -0.39 is 5.97 Å². The highest BCUT2D eigenvalue weighted by Crippen LogP contribution is 1.91. The fourth-order valence-electron chi connectivity index (χ4n) is 0.211. The van der Waals surface area contributed by atoms with Crippen LogP contribution in [0.4, 0.5) is 0 Å². The van der Waals surface area contributed by atoms with E-state index in [0.29, 0.717) is 5.57 Å². The number of carbonyl (C=O) groups excluding carboxylic acids is 1. The Labute approximate surface area is 48.1 Å². The summed E-state index contributed by atoms with van der Waals surface area (Å²) in [4.78, 5) is 14.2. The summed E-state index contributed by atoms with van der Waals surface area (Å²) in [6, 6.07) is 0. The molecule has 0 aromatic rings. The molecule has 0 aromatic heterocycles. The van der Waals surface area contributed by atoms with Gasteiger partial charge in [0.25, 0.3) is 0 Å². The third-order valence-electron chi connectivity index (χ3n) is 0.862. The van der Waals surface area contributed by atoms with Crippen molar-refractivity contribution >= 4 is 5.97 Å². The molecule has 0 aliphatic carbocycles. The van der Waals surface area contributed by atoms with Crippen LogP contribution in [0, 0.1) is 0 Å². The molecule has 0 atom stereocenters. The fraction of sp³-hybridized carbons (Fsp3) is 0.400. The van der Waals surface area contributed by atoms with Crippen LogP contribution in [0.15, 0.2) is 11.6 Å². The van der Waals surface area contributed by atoms with E-state index in [1.54, 1.807) is 19.9 Å². The highest BCUT2D eigenvalue weighted by molar-refractivity contribution is 5.87. The summed E-state index contributed by atoms with van der Waals surface area (Å²) >= 11 is 0. The van der Waals surface area contributed by atoms with Gasteiger partial charge in [-0.25, -0.2) is 4.79 Å². The molecule has 0 rings (SSSR count). The van der Waals surface area contributed by atoms with Crippen LogP contribution < -0.4 is 5.90 Å². The van der Waals surface area contributed by atoms with E-state index in [4.69, 9.17) is 0 Å². The first-order valence-electron chi connectivity index (χ1n) is 2.26. The highest BCUT2D eigenvalue weighted by atomic mass is 16.7. The summed E-state index contributed by atoms with van der Waals surface area (Å²) < 4.78 is 0. The van der Waals surface area contributed by atoms with Crippen LogP contribution in [0.25, 0.3) is 0 Å². The van der Waals surface area contributed by atoms with Crippen LogP contribution in [0.5, 0.6) is 0 Å². The summed E-state index contributed by atoms with van der Waals surface area (Å²) in [6.45, 7) is 3.38. The third-order valence-corrected chi connectivity index (χ3v) is 0.862. The van der Waals surface area contributed by atoms with E-state index in [1.807, 2.05) is 0 Å². The van der Waals surface area contributed by atoms with Crippen LogP contribution in [0.2, 0.25) is 0 Å². The molecular weight excluding hydrogens is 106 g/mol. The van der Waals surface area contributed by atoms with Crippen molar-refractivity contribution in [2.75, 3.05) is 0 Å². The Balaban J connectivity index is 3.83. The highest BCUT2D eigenvalue weighted by Gasteiger charge is 1.99. The van der Waals surface area contributed by atoms with Gasteiger partial charge in [-0.1, -0.05) is 6.08 Å². The standard InChI is InChI=1S/C5H9NO2/c1-3-4(2)5(7)8-6/h3H,6H2,1-2H3/b4-3+. The molecule has 0 aliphatic heterocycles. The Morgan fingerprint density at radius 3 is 2.38 bits per heavy atom. The molecule has 0 saturated carbocycles. The van der Waals surface area contributed by atoms with Gasteiger partial charge in [-0.3, -0.25) is 0 Å². The zero-order chi connectivity index (χ0) is 6.57. The molecule has 46 valence electrons. The first-order chi connectivity index (χ1) is 3.72. The van der Waals surface area contributed by atoms with E-state index in [-0.39, 0.29) is 0 Å². The molecule has 3 heteroatoms. The predicted molar refractivity (Wildman–Crippen MR) is 29.7 cm³/mol. The van der Waals surface area contributed by atoms with Crippen molar-refractivity contribution < 1.29 is 9.63 Å². The van der Waals surface area contributed by atoms with Gasteiger partial charge in [0.15, 0.2) is 0 Å². The lowest BCUT2D eigenvalue weighted by Crippen LogP contribution is -2.10. The molecule has 8 heavy (non-hydrogen) atoms. The van der Waals surface area contributed by atoms with Crippen molar-refractivity contribution in [2.45, 2.75) is 13.8 Å². The monoisotopic (exact) mass is 115 g/mol. The molecule has 0 spiro atoms. The lowest BCUT2D eigenvalue weighted by molar-refractivity contribution is -0.139. The summed E-state index contributed by atoms with van der Waals surface area (Å²) in [7, 11) is 0. The van der Waals surface area contributed by atoms with E-state index in [9.17, 15) is 4.79 Å². The maximum Gasteiger partial charge on any atom is 0.351 e. The molecule has 0 heterocycles. The molecule has 0 unspecified atom stereocenters. The minimum absolute atomic E-state index is 0.479. The summed E-state index contributed by atoms with van der Waals surface area (Å²) in [5, 5.41) is 0. The molecular formula is C5H9NO2. The zero-order valence-corrected chi connectivity index (χ0v) is 4.97. The Morgan fingerprint density at radius 1 is 1.75 bits per heavy atom. The first kappa shape index (κ1) is 7.17. The SMILES string of the molecule is C/C=C(\C)C(=O)ON. The van der Waals surface area contributed by atoms with Crippen LogP contribution >= 0.6 is 0 Å². The van der Waals surface area contributed by atoms with Crippen LogP contribution in [-0.2, 0) is 9.63 Å². The second-order valence-corrected chi connectivity index (χ2v) is 1.38. The molecule has 0 bridgehead atoms. The number of carbonyl (C=O) groups is 1. The molecule has 0 fully saturated rings. The van der Waals surface area contributed by atoms with Crippen molar-refractivity contribution in [3.8, 4) is 0 Å². The van der Waals surface area contributed by atoms with E-state index in [1.165, 1.54) is 0 Å². The Kier molecular flexibility index (Phi) is 2.88. The van der Waals surface area contributed by atoms with Crippen LogP contribution in [0.3, 0.4) is 0 Å². The van der Waals surface area contributed by atoms with E-state index in [2.05, 4.69) is 10.7 Å². The van der Waals surface area contributed by atoms with Crippen molar-refractivity contribution in [1.29, 1.82) is 0 Å². The van der Waals surface area contributed by atoms with Gasteiger partial charge in [0.1, 0.15) is 0 Å². The predicted octanol–water partition coefficient (Wildman–Crippen LogP) is 0.370. The number of allylic oxidation sites excluding steroid dienone is 1. The maximum absolute atomic E-state index is 10.3. The molecule has 2 N–H and O–H groups in total. The van der Waals surface area contributed by atoms with Gasteiger partial charge in [-0.15, -0.1) is 0 Å². The van der Waals surface area contributed by atoms with Gasteiger partial charge in [-0.2, -0.15) is 5.90 Å². The second-order valence-electron chi connectivity index (χ2n) is 1.38. The van der Waals surface area contributed by atoms with Crippen molar-refractivity contribution in [3.05, 3.63) is 11.6 Å². The molecule has 0 aliphatic rings. The first-order valence-corrected chi connectivity index (χ1v) is 2.26. The fourth-order valence-corrected chi connectivity index (χ4v) is 0.211. The lowest BCUT2D eigenvalue weighted by Gasteiger charge is -1.92. The minimum Gasteiger partial charge on any atom is -0.370 e. The number of nitrogens with two attached hydrogens (primary N) is 1. The quantitative estimate of drug-likeness (QED) is 0.396. The summed E-state index contributed by atoms with van der Waals surface area (Å²) in [5.41, 5.74) is 0.521. The third kappa shape index (κ3) is 1.75. The summed E-state index contributed by atoms with van der Waals surface area (Å²) in [6.07, 6.45) is 1.63. The van der Waals surface area contributed by atoms with Gasteiger partial charge in [0.2, 0.25) is 0 Å². The van der Waals surface area contributed by atoms with Crippen LogP contribution in [0.1, 0.15) is 13.8 Å². The van der Waals surface area contributed by atoms with E-state index >= 15 is 0 Å². The Hall–Kier alpha value is -0.830. The van der Waals surface area contributed by atoms with Gasteiger partial charge < -0.3 is 4.84 Å². The van der Waals surface area contributed by atoms with Crippen molar-refractivity contribution in [3.63, 3.8) is 0 Å². The number of hydrogen-bond donors (Lipinski definition) is 1. The van der Waals surface area contributed by atoms with Crippen molar-refractivity contribution in [1.82, 2.24) is 0 Å². The molecule has 3 nitrogen and oxygen atoms in total. The van der Waals surface area contributed by atoms with Crippen molar-refractivity contribution in [2.24, 2.45) is 5.90 Å².